The molecule has 2 bridgehead atoms. The maximum absolute atomic E-state index is 13.5. The van der Waals surface area contributed by atoms with E-state index in [1.165, 1.54) is 48.9 Å². The number of nitrogens with zero attached hydrogens (tertiary/aromatic N) is 1. The molecule has 164 valence electrons. The molecule has 2 aliphatic carbocycles. The van der Waals surface area contributed by atoms with Gasteiger partial charge >= 0.3 is 0 Å². The first-order chi connectivity index (χ1) is 15.0. The summed E-state index contributed by atoms with van der Waals surface area (Å²) in [6, 6.07) is 13.2. The van der Waals surface area contributed by atoms with Crippen molar-refractivity contribution in [2.45, 2.75) is 69.6 Å². The van der Waals surface area contributed by atoms with Crippen molar-refractivity contribution in [3.63, 3.8) is 0 Å². The molecule has 2 N–H and O–H groups in total. The largest absolute Gasteiger partial charge is 0.489 e. The van der Waals surface area contributed by atoms with Gasteiger partial charge in [0.2, 0.25) is 5.91 Å². The summed E-state index contributed by atoms with van der Waals surface area (Å²) >= 11 is 0. The Kier molecular flexibility index (Phi) is 5.25. The van der Waals surface area contributed by atoms with E-state index in [-0.39, 0.29) is 23.2 Å². The Bertz CT molecular complexity index is 993. The lowest BCUT2D eigenvalue weighted by atomic mass is 9.52. The van der Waals surface area contributed by atoms with Crippen molar-refractivity contribution in [1.29, 1.82) is 0 Å². The Morgan fingerprint density at radius 1 is 1.26 bits per heavy atom. The molecule has 0 radical (unpaired) electrons. The lowest BCUT2D eigenvalue weighted by Crippen LogP contribution is -2.64. The minimum Gasteiger partial charge on any atom is -0.489 e. The van der Waals surface area contributed by atoms with Gasteiger partial charge in [-0.15, -0.1) is 0 Å². The molecular formula is C26H31FN2O2. The first kappa shape index (κ1) is 20.5. The number of hydrogen-bond donors (Lipinski definition) is 1. The van der Waals surface area contributed by atoms with Crippen molar-refractivity contribution in [2.75, 3.05) is 6.54 Å². The third-order valence-electron chi connectivity index (χ3n) is 8.05. The summed E-state index contributed by atoms with van der Waals surface area (Å²) in [4.78, 5) is 14.3. The van der Waals surface area contributed by atoms with Gasteiger partial charge in [0.1, 0.15) is 18.2 Å². The van der Waals surface area contributed by atoms with Gasteiger partial charge in [-0.05, 0) is 79.5 Å². The van der Waals surface area contributed by atoms with Crippen molar-refractivity contribution in [1.82, 2.24) is 4.90 Å². The van der Waals surface area contributed by atoms with E-state index in [0.29, 0.717) is 18.6 Å². The van der Waals surface area contributed by atoms with Gasteiger partial charge in [-0.2, -0.15) is 0 Å². The van der Waals surface area contributed by atoms with Crippen LogP contribution in [0, 0.1) is 11.7 Å². The highest BCUT2D eigenvalue weighted by Crippen LogP contribution is 2.56. The van der Waals surface area contributed by atoms with E-state index >= 15 is 0 Å². The monoisotopic (exact) mass is 422 g/mol. The maximum atomic E-state index is 13.5. The number of primary amides is 1. The molecule has 2 fully saturated rings. The third-order valence-corrected chi connectivity index (χ3v) is 8.05. The van der Waals surface area contributed by atoms with Gasteiger partial charge in [-0.1, -0.05) is 31.0 Å². The van der Waals surface area contributed by atoms with Crippen LogP contribution in [0.4, 0.5) is 4.39 Å². The number of benzene rings is 2. The molecule has 3 aliphatic rings. The number of nitrogens with two attached hydrogens (primary N) is 1. The first-order valence-electron chi connectivity index (χ1n) is 11.5. The Labute approximate surface area is 183 Å². The average molecular weight is 423 g/mol. The second-order valence-corrected chi connectivity index (χ2v) is 9.58. The summed E-state index contributed by atoms with van der Waals surface area (Å²) in [5.41, 5.74) is 9.51. The van der Waals surface area contributed by atoms with E-state index < -0.39 is 0 Å². The molecule has 2 aromatic rings. The summed E-state index contributed by atoms with van der Waals surface area (Å²) < 4.78 is 19.6. The molecule has 1 saturated carbocycles. The highest BCUT2D eigenvalue weighted by atomic mass is 19.1. The van der Waals surface area contributed by atoms with Crippen molar-refractivity contribution in [3.05, 3.63) is 65.0 Å². The SMILES string of the molecule is C[C@H](C(N)=O)N1CCC23CCCCC2[C@@H]1Cc1ccc(OCc2cccc(F)c2)cc13. The number of fused-ring (bicyclic) bond motifs is 1. The van der Waals surface area contributed by atoms with E-state index in [4.69, 9.17) is 10.5 Å². The second kappa shape index (κ2) is 7.94. The molecule has 0 spiro atoms. The minimum absolute atomic E-state index is 0.169. The first-order valence-corrected chi connectivity index (χ1v) is 11.5. The van der Waals surface area contributed by atoms with Crippen LogP contribution in [0.2, 0.25) is 0 Å². The number of halogens is 1. The van der Waals surface area contributed by atoms with Crippen LogP contribution in [0.25, 0.3) is 0 Å². The fraction of sp³-hybridized carbons (Fsp3) is 0.500. The number of rotatable bonds is 5. The second-order valence-electron chi connectivity index (χ2n) is 9.58. The molecule has 31 heavy (non-hydrogen) atoms. The number of ether oxygens (including phenoxy) is 1. The number of piperidine rings is 1. The van der Waals surface area contributed by atoms with Gasteiger partial charge in [-0.3, -0.25) is 9.69 Å². The topological polar surface area (TPSA) is 55.6 Å². The van der Waals surface area contributed by atoms with Gasteiger partial charge in [0, 0.05) is 18.0 Å². The number of likely N-dealkylation sites (tertiary alicyclic amines) is 1. The smallest absolute Gasteiger partial charge is 0.234 e. The summed E-state index contributed by atoms with van der Waals surface area (Å²) in [5, 5.41) is 0. The van der Waals surface area contributed by atoms with Gasteiger partial charge < -0.3 is 10.5 Å². The zero-order valence-corrected chi connectivity index (χ0v) is 18.1. The predicted octanol–water partition coefficient (Wildman–Crippen LogP) is 4.34. The number of hydrogen-bond acceptors (Lipinski definition) is 3. The van der Waals surface area contributed by atoms with Gasteiger partial charge in [-0.25, -0.2) is 4.39 Å². The lowest BCUT2D eigenvalue weighted by Gasteiger charge is -2.60. The van der Waals surface area contributed by atoms with Crippen molar-refractivity contribution in [2.24, 2.45) is 11.7 Å². The van der Waals surface area contributed by atoms with E-state index in [1.54, 1.807) is 6.07 Å². The minimum atomic E-state index is -0.238. The molecule has 2 unspecified atom stereocenters. The van der Waals surface area contributed by atoms with Crippen LogP contribution in [0.1, 0.15) is 55.7 Å². The Morgan fingerprint density at radius 2 is 2.13 bits per heavy atom. The third kappa shape index (κ3) is 3.53. The number of carbonyl (C=O) groups excluding carboxylic acids is 1. The molecule has 4 atom stereocenters. The van der Waals surface area contributed by atoms with Gasteiger partial charge in [0.05, 0.1) is 6.04 Å². The normalized spacial score (nSPS) is 28.3. The number of amides is 1. The lowest BCUT2D eigenvalue weighted by molar-refractivity contribution is -0.127. The molecular weight excluding hydrogens is 391 g/mol. The summed E-state index contributed by atoms with van der Waals surface area (Å²) in [5.74, 6) is 0.949. The molecule has 0 aromatic heterocycles. The Morgan fingerprint density at radius 3 is 2.94 bits per heavy atom. The zero-order chi connectivity index (χ0) is 21.6. The van der Waals surface area contributed by atoms with Crippen LogP contribution in [0.15, 0.2) is 42.5 Å². The molecule has 1 amide bonds. The summed E-state index contributed by atoms with van der Waals surface area (Å²) in [7, 11) is 0. The van der Waals surface area contributed by atoms with Gasteiger partial charge in [0.25, 0.3) is 0 Å². The van der Waals surface area contributed by atoms with Crippen LogP contribution in [0.3, 0.4) is 0 Å². The molecule has 5 rings (SSSR count). The molecule has 2 aromatic carbocycles. The van der Waals surface area contributed by atoms with Crippen LogP contribution in [0.5, 0.6) is 5.75 Å². The zero-order valence-electron chi connectivity index (χ0n) is 18.1. The molecule has 5 heteroatoms. The molecule has 1 heterocycles. The highest BCUT2D eigenvalue weighted by molar-refractivity contribution is 5.79. The van der Waals surface area contributed by atoms with E-state index in [9.17, 15) is 9.18 Å². The van der Waals surface area contributed by atoms with Crippen LogP contribution in [-0.4, -0.2) is 29.4 Å². The summed E-state index contributed by atoms with van der Waals surface area (Å²) in [6.45, 7) is 3.23. The fourth-order valence-electron chi connectivity index (χ4n) is 6.54. The van der Waals surface area contributed by atoms with Crippen molar-refractivity contribution < 1.29 is 13.9 Å². The maximum Gasteiger partial charge on any atom is 0.234 e. The van der Waals surface area contributed by atoms with Crippen molar-refractivity contribution in [3.8, 4) is 5.75 Å². The van der Waals surface area contributed by atoms with Crippen LogP contribution in [-0.2, 0) is 23.2 Å². The molecule has 1 aliphatic heterocycles. The highest BCUT2D eigenvalue weighted by Gasteiger charge is 2.54. The fourth-order valence-corrected chi connectivity index (χ4v) is 6.54. The van der Waals surface area contributed by atoms with Gasteiger partial charge in [0.15, 0.2) is 0 Å². The standard InChI is InChI=1S/C26H31FN2O2/c1-17(25(28)30)29-12-11-26-10-3-2-7-22(26)24(29)14-19-8-9-21(15-23(19)26)31-16-18-5-4-6-20(27)13-18/h4-6,8-9,13,15,17,22,24H,2-3,7,10-12,14,16H2,1H3,(H2,28,30)/t17-,22?,24+,26?/m1/s1. The van der Waals surface area contributed by atoms with E-state index in [1.807, 2.05) is 19.1 Å². The molecule has 1 saturated heterocycles. The quantitative estimate of drug-likeness (QED) is 0.780. The average Bonchev–Trinajstić information content (AvgIpc) is 2.77. The van der Waals surface area contributed by atoms with E-state index in [2.05, 4.69) is 17.0 Å². The molecule has 4 nitrogen and oxygen atoms in total. The van der Waals surface area contributed by atoms with Crippen LogP contribution >= 0.6 is 0 Å². The predicted molar refractivity (Wildman–Crippen MR) is 118 cm³/mol. The number of carbonyl (C=O) groups is 1. The van der Waals surface area contributed by atoms with Crippen molar-refractivity contribution >= 4 is 5.91 Å². The Balaban J connectivity index is 1.45. The summed E-state index contributed by atoms with van der Waals surface area (Å²) in [6.07, 6.45) is 6.94. The van der Waals surface area contributed by atoms with Crippen LogP contribution < -0.4 is 10.5 Å². The Hall–Kier alpha value is -2.40. The van der Waals surface area contributed by atoms with E-state index in [0.717, 1.165) is 30.7 Å².